The molecule has 4 heteroatoms. The molecule has 0 radical (unpaired) electrons. The Hall–Kier alpha value is -1.81. The molecular formula is C21H24BrNO2. The maximum Gasteiger partial charge on any atom is 0.258 e. The lowest BCUT2D eigenvalue weighted by atomic mass is 10.0. The number of hydrogen-bond donors (Lipinski definition) is 1. The number of ether oxygens (including phenoxy) is 1. The summed E-state index contributed by atoms with van der Waals surface area (Å²) in [5.74, 6) is 0.616. The fraction of sp³-hybridized carbons (Fsp3) is 0.381. The third-order valence-electron chi connectivity index (χ3n) is 4.78. The number of benzene rings is 2. The zero-order valence-corrected chi connectivity index (χ0v) is 16.6. The molecule has 0 bridgehead atoms. The first-order valence-electron chi connectivity index (χ1n) is 8.74. The van der Waals surface area contributed by atoms with E-state index in [1.807, 2.05) is 32.9 Å². The largest absolute Gasteiger partial charge is 0.484 e. The molecule has 2 aromatic rings. The van der Waals surface area contributed by atoms with Crippen molar-refractivity contribution in [3.05, 3.63) is 62.6 Å². The van der Waals surface area contributed by atoms with Crippen molar-refractivity contribution >= 4 is 21.8 Å². The lowest BCUT2D eigenvalue weighted by molar-refractivity contribution is -0.123. The number of rotatable bonds is 5. The van der Waals surface area contributed by atoms with E-state index in [4.69, 9.17) is 4.74 Å². The Labute approximate surface area is 157 Å². The van der Waals surface area contributed by atoms with Crippen molar-refractivity contribution in [1.29, 1.82) is 0 Å². The zero-order valence-electron chi connectivity index (χ0n) is 15.0. The summed E-state index contributed by atoms with van der Waals surface area (Å²) in [6.07, 6.45) is 3.56. The Morgan fingerprint density at radius 2 is 1.84 bits per heavy atom. The summed E-state index contributed by atoms with van der Waals surface area (Å²) >= 11 is 3.54. The molecule has 0 spiro atoms. The number of carbonyl (C=O) groups is 1. The van der Waals surface area contributed by atoms with E-state index in [2.05, 4.69) is 39.4 Å². The van der Waals surface area contributed by atoms with Gasteiger partial charge < -0.3 is 10.1 Å². The topological polar surface area (TPSA) is 38.3 Å². The summed E-state index contributed by atoms with van der Waals surface area (Å²) < 4.78 is 6.74. The molecule has 0 fully saturated rings. The Kier molecular flexibility index (Phi) is 5.48. The van der Waals surface area contributed by atoms with Crippen LogP contribution >= 0.6 is 15.9 Å². The van der Waals surface area contributed by atoms with Crippen LogP contribution in [0, 0.1) is 13.8 Å². The molecule has 25 heavy (non-hydrogen) atoms. The Balaban J connectivity index is 1.57. The van der Waals surface area contributed by atoms with Crippen molar-refractivity contribution in [2.75, 3.05) is 6.61 Å². The second kappa shape index (κ2) is 7.61. The number of halogens is 1. The molecule has 0 saturated carbocycles. The summed E-state index contributed by atoms with van der Waals surface area (Å²) in [6.45, 7) is 6.07. The average Bonchev–Trinajstić information content (AvgIpc) is 3.05. The van der Waals surface area contributed by atoms with Crippen LogP contribution in [-0.4, -0.2) is 12.5 Å². The Morgan fingerprint density at radius 1 is 1.16 bits per heavy atom. The van der Waals surface area contributed by atoms with E-state index < -0.39 is 0 Å². The molecule has 0 aromatic heterocycles. The van der Waals surface area contributed by atoms with Gasteiger partial charge in [-0.2, -0.15) is 0 Å². The smallest absolute Gasteiger partial charge is 0.258 e. The van der Waals surface area contributed by atoms with Crippen molar-refractivity contribution in [1.82, 2.24) is 5.32 Å². The predicted octanol–water partition coefficient (Wildman–Crippen LogP) is 4.81. The van der Waals surface area contributed by atoms with Crippen LogP contribution in [-0.2, 0) is 17.6 Å². The zero-order chi connectivity index (χ0) is 18.0. The highest BCUT2D eigenvalue weighted by Crippen LogP contribution is 2.27. The van der Waals surface area contributed by atoms with E-state index in [0.717, 1.165) is 33.3 Å². The molecule has 1 amide bonds. The molecule has 0 aliphatic heterocycles. The van der Waals surface area contributed by atoms with E-state index >= 15 is 0 Å². The molecule has 0 heterocycles. The number of carbonyl (C=O) groups excluding carboxylic acids is 1. The first-order chi connectivity index (χ1) is 11.9. The number of aryl methyl sites for hydroxylation is 4. The highest BCUT2D eigenvalue weighted by molar-refractivity contribution is 9.10. The van der Waals surface area contributed by atoms with Gasteiger partial charge in [0.2, 0.25) is 0 Å². The summed E-state index contributed by atoms with van der Waals surface area (Å²) in [4.78, 5) is 12.2. The van der Waals surface area contributed by atoms with Crippen molar-refractivity contribution in [3.8, 4) is 5.75 Å². The Bertz CT molecular complexity index is 777. The standard InChI is InChI=1S/C21H24BrNO2/c1-13-9-19(10-14(2)21(13)22)25-12-20(24)23-15(3)17-8-7-16-5-4-6-18(16)11-17/h7-11,15H,4-6,12H2,1-3H3,(H,23,24)/t15-/m1/s1. The molecule has 0 saturated heterocycles. The minimum atomic E-state index is -0.105. The fourth-order valence-electron chi connectivity index (χ4n) is 3.37. The highest BCUT2D eigenvalue weighted by atomic mass is 79.9. The van der Waals surface area contributed by atoms with Gasteiger partial charge in [0, 0.05) is 4.47 Å². The van der Waals surface area contributed by atoms with Crippen LogP contribution in [0.4, 0.5) is 0 Å². The Morgan fingerprint density at radius 3 is 2.56 bits per heavy atom. The molecule has 1 aliphatic carbocycles. The number of amides is 1. The quantitative estimate of drug-likeness (QED) is 0.780. The minimum absolute atomic E-state index is 0.0182. The van der Waals surface area contributed by atoms with Gasteiger partial charge in [-0.25, -0.2) is 0 Å². The van der Waals surface area contributed by atoms with Crippen LogP contribution in [0.3, 0.4) is 0 Å². The van der Waals surface area contributed by atoms with Crippen LogP contribution in [0.1, 0.15) is 47.2 Å². The van der Waals surface area contributed by atoms with E-state index in [9.17, 15) is 4.79 Å². The van der Waals surface area contributed by atoms with Crippen molar-refractivity contribution in [2.24, 2.45) is 0 Å². The van der Waals surface area contributed by atoms with Gasteiger partial charge in [-0.1, -0.05) is 34.1 Å². The number of hydrogen-bond acceptors (Lipinski definition) is 2. The number of nitrogens with one attached hydrogen (secondary N) is 1. The molecule has 0 unspecified atom stereocenters. The fourth-order valence-corrected chi connectivity index (χ4v) is 3.59. The maximum absolute atomic E-state index is 12.2. The van der Waals surface area contributed by atoms with E-state index in [1.165, 1.54) is 24.0 Å². The summed E-state index contributed by atoms with van der Waals surface area (Å²) in [7, 11) is 0. The molecule has 132 valence electrons. The van der Waals surface area contributed by atoms with Crippen molar-refractivity contribution in [2.45, 2.75) is 46.1 Å². The summed E-state index contributed by atoms with van der Waals surface area (Å²) in [5.41, 5.74) is 6.23. The molecular weight excluding hydrogens is 378 g/mol. The third kappa shape index (κ3) is 4.24. The van der Waals surface area contributed by atoms with Gasteiger partial charge in [0.05, 0.1) is 6.04 Å². The molecule has 1 atom stereocenters. The molecule has 3 nitrogen and oxygen atoms in total. The third-order valence-corrected chi connectivity index (χ3v) is 6.03. The van der Waals surface area contributed by atoms with Gasteiger partial charge in [0.25, 0.3) is 5.91 Å². The van der Waals surface area contributed by atoms with Gasteiger partial charge in [-0.3, -0.25) is 4.79 Å². The molecule has 2 aromatic carbocycles. The van der Waals surface area contributed by atoms with Gasteiger partial charge in [-0.15, -0.1) is 0 Å². The lowest BCUT2D eigenvalue weighted by Gasteiger charge is -2.16. The molecule has 3 rings (SSSR count). The first-order valence-corrected chi connectivity index (χ1v) is 9.54. The van der Waals surface area contributed by atoms with Gasteiger partial charge in [-0.05, 0) is 80.0 Å². The summed E-state index contributed by atoms with van der Waals surface area (Å²) in [6, 6.07) is 10.4. The predicted molar refractivity (Wildman–Crippen MR) is 104 cm³/mol. The molecule has 1 aliphatic rings. The van der Waals surface area contributed by atoms with Crippen LogP contribution in [0.15, 0.2) is 34.8 Å². The van der Waals surface area contributed by atoms with Crippen LogP contribution in [0.2, 0.25) is 0 Å². The number of fused-ring (bicyclic) bond motifs is 1. The summed E-state index contributed by atoms with van der Waals surface area (Å²) in [5, 5.41) is 3.03. The monoisotopic (exact) mass is 401 g/mol. The van der Waals surface area contributed by atoms with Crippen molar-refractivity contribution in [3.63, 3.8) is 0 Å². The van der Waals surface area contributed by atoms with Gasteiger partial charge >= 0.3 is 0 Å². The van der Waals surface area contributed by atoms with Crippen LogP contribution in [0.5, 0.6) is 5.75 Å². The van der Waals surface area contributed by atoms with Gasteiger partial charge in [0.1, 0.15) is 5.75 Å². The first kappa shape index (κ1) is 18.0. The lowest BCUT2D eigenvalue weighted by Crippen LogP contribution is -2.31. The maximum atomic E-state index is 12.2. The van der Waals surface area contributed by atoms with Crippen LogP contribution in [0.25, 0.3) is 0 Å². The van der Waals surface area contributed by atoms with E-state index in [0.29, 0.717) is 0 Å². The second-order valence-electron chi connectivity index (χ2n) is 6.83. The van der Waals surface area contributed by atoms with Gasteiger partial charge in [0.15, 0.2) is 6.61 Å². The van der Waals surface area contributed by atoms with Crippen molar-refractivity contribution < 1.29 is 9.53 Å². The average molecular weight is 402 g/mol. The normalized spacial score (nSPS) is 14.1. The minimum Gasteiger partial charge on any atom is -0.484 e. The molecule has 1 N–H and O–H groups in total. The second-order valence-corrected chi connectivity index (χ2v) is 7.62. The van der Waals surface area contributed by atoms with E-state index in [-0.39, 0.29) is 18.6 Å². The van der Waals surface area contributed by atoms with E-state index in [1.54, 1.807) is 0 Å². The van der Waals surface area contributed by atoms with Crippen LogP contribution < -0.4 is 10.1 Å². The highest BCUT2D eigenvalue weighted by Gasteiger charge is 2.15. The SMILES string of the molecule is Cc1cc(OCC(=O)N[C@H](C)c2ccc3c(c2)CCC3)cc(C)c1Br.